The standard InChI is InChI=1S/C13H18FNO2S/c1-13(2,3)17-12(16)8-18-7-9-4-10(14)6-11(15)5-9/h4-6H,7-8,15H2,1-3H3. The van der Waals surface area contributed by atoms with Gasteiger partial charge >= 0.3 is 5.97 Å². The second kappa shape index (κ2) is 6.09. The summed E-state index contributed by atoms with van der Waals surface area (Å²) < 4.78 is 18.2. The maximum Gasteiger partial charge on any atom is 0.316 e. The fourth-order valence-electron chi connectivity index (χ4n) is 1.38. The summed E-state index contributed by atoms with van der Waals surface area (Å²) in [6.45, 7) is 5.47. The van der Waals surface area contributed by atoms with Crippen LogP contribution in [0.25, 0.3) is 0 Å². The first kappa shape index (κ1) is 14.8. The van der Waals surface area contributed by atoms with Crippen molar-refractivity contribution in [3.63, 3.8) is 0 Å². The van der Waals surface area contributed by atoms with Gasteiger partial charge in [-0.15, -0.1) is 11.8 Å². The zero-order valence-electron chi connectivity index (χ0n) is 10.8. The van der Waals surface area contributed by atoms with E-state index in [1.165, 1.54) is 23.9 Å². The number of benzene rings is 1. The fraction of sp³-hybridized carbons (Fsp3) is 0.462. The van der Waals surface area contributed by atoms with Crippen LogP contribution in [0.5, 0.6) is 0 Å². The van der Waals surface area contributed by atoms with Gasteiger partial charge in [-0.2, -0.15) is 0 Å². The molecule has 2 N–H and O–H groups in total. The molecule has 0 amide bonds. The van der Waals surface area contributed by atoms with Crippen molar-refractivity contribution in [3.05, 3.63) is 29.6 Å². The van der Waals surface area contributed by atoms with Gasteiger partial charge in [-0.25, -0.2) is 4.39 Å². The largest absolute Gasteiger partial charge is 0.459 e. The van der Waals surface area contributed by atoms with Gasteiger partial charge in [-0.05, 0) is 44.5 Å². The molecule has 0 spiro atoms. The Hall–Kier alpha value is -1.23. The molecule has 100 valence electrons. The van der Waals surface area contributed by atoms with Crippen LogP contribution in [-0.4, -0.2) is 17.3 Å². The van der Waals surface area contributed by atoms with Crippen molar-refractivity contribution in [1.82, 2.24) is 0 Å². The quantitative estimate of drug-likeness (QED) is 0.675. The maximum absolute atomic E-state index is 13.1. The van der Waals surface area contributed by atoms with Crippen molar-refractivity contribution in [2.45, 2.75) is 32.1 Å². The van der Waals surface area contributed by atoms with E-state index >= 15 is 0 Å². The number of thioether (sulfide) groups is 1. The average molecular weight is 271 g/mol. The minimum absolute atomic E-state index is 0.244. The molecule has 0 atom stereocenters. The lowest BCUT2D eigenvalue weighted by Gasteiger charge is -2.19. The molecule has 0 heterocycles. The Kier molecular flexibility index (Phi) is 5.02. The van der Waals surface area contributed by atoms with Crippen LogP contribution in [0.4, 0.5) is 10.1 Å². The van der Waals surface area contributed by atoms with E-state index in [2.05, 4.69) is 0 Å². The summed E-state index contributed by atoms with van der Waals surface area (Å²) in [6.07, 6.45) is 0. The summed E-state index contributed by atoms with van der Waals surface area (Å²) in [5.41, 5.74) is 6.22. The normalized spacial score (nSPS) is 11.3. The van der Waals surface area contributed by atoms with Crippen molar-refractivity contribution >= 4 is 23.4 Å². The minimum atomic E-state index is -0.471. The number of carbonyl (C=O) groups excluding carboxylic acids is 1. The molecule has 0 unspecified atom stereocenters. The third-order valence-corrected chi connectivity index (χ3v) is 2.87. The number of nitrogens with two attached hydrogens (primary N) is 1. The molecule has 5 heteroatoms. The fourth-order valence-corrected chi connectivity index (χ4v) is 2.11. The molecule has 0 radical (unpaired) electrons. The molecule has 0 aliphatic rings. The molecular formula is C13H18FNO2S. The van der Waals surface area contributed by atoms with E-state index in [9.17, 15) is 9.18 Å². The average Bonchev–Trinajstić information content (AvgIpc) is 2.12. The van der Waals surface area contributed by atoms with Gasteiger partial charge in [0.15, 0.2) is 0 Å². The number of halogens is 1. The molecule has 3 nitrogen and oxygen atoms in total. The van der Waals surface area contributed by atoms with Crippen molar-refractivity contribution in [2.75, 3.05) is 11.5 Å². The number of carbonyl (C=O) groups is 1. The number of hydrogen-bond donors (Lipinski definition) is 1. The molecule has 0 bridgehead atoms. The highest BCUT2D eigenvalue weighted by Crippen LogP contribution is 2.18. The van der Waals surface area contributed by atoms with Gasteiger partial charge in [-0.3, -0.25) is 4.79 Å². The van der Waals surface area contributed by atoms with Crippen molar-refractivity contribution < 1.29 is 13.9 Å². The van der Waals surface area contributed by atoms with Crippen LogP contribution in [0.1, 0.15) is 26.3 Å². The smallest absolute Gasteiger partial charge is 0.316 e. The van der Waals surface area contributed by atoms with Gasteiger partial charge in [0.1, 0.15) is 11.4 Å². The highest BCUT2D eigenvalue weighted by atomic mass is 32.2. The number of anilines is 1. The second-order valence-electron chi connectivity index (χ2n) is 4.97. The summed E-state index contributed by atoms with van der Waals surface area (Å²) in [7, 11) is 0. The number of hydrogen-bond acceptors (Lipinski definition) is 4. The van der Waals surface area contributed by atoms with Crippen molar-refractivity contribution in [1.29, 1.82) is 0 Å². The zero-order valence-corrected chi connectivity index (χ0v) is 11.6. The Balaban J connectivity index is 2.40. The van der Waals surface area contributed by atoms with Crippen molar-refractivity contribution in [3.8, 4) is 0 Å². The third kappa shape index (κ3) is 5.91. The van der Waals surface area contributed by atoms with Gasteiger partial charge < -0.3 is 10.5 Å². The Morgan fingerprint density at radius 1 is 1.39 bits per heavy atom. The summed E-state index contributed by atoms with van der Waals surface area (Å²) in [5.74, 6) is 0.147. The topological polar surface area (TPSA) is 52.3 Å². The van der Waals surface area contributed by atoms with E-state index in [0.717, 1.165) is 5.56 Å². The number of nitrogen functional groups attached to an aromatic ring is 1. The summed E-state index contributed by atoms with van der Waals surface area (Å²) in [6, 6.07) is 4.38. The van der Waals surface area contributed by atoms with E-state index in [1.807, 2.05) is 20.8 Å². The lowest BCUT2D eigenvalue weighted by Crippen LogP contribution is -2.24. The van der Waals surface area contributed by atoms with Crippen LogP contribution in [0, 0.1) is 5.82 Å². The number of rotatable bonds is 4. The van der Waals surface area contributed by atoms with Crippen LogP contribution >= 0.6 is 11.8 Å². The SMILES string of the molecule is CC(C)(C)OC(=O)CSCc1cc(N)cc(F)c1. The molecule has 18 heavy (non-hydrogen) atoms. The predicted molar refractivity (Wildman–Crippen MR) is 72.8 cm³/mol. The van der Waals surface area contributed by atoms with Gasteiger partial charge in [0.05, 0.1) is 5.75 Å². The first-order chi connectivity index (χ1) is 8.26. The van der Waals surface area contributed by atoms with Gasteiger partial charge in [-0.1, -0.05) is 0 Å². The molecule has 0 aliphatic heterocycles. The molecule has 0 aliphatic carbocycles. The molecule has 0 fully saturated rings. The molecule has 0 saturated carbocycles. The number of ether oxygens (including phenoxy) is 1. The lowest BCUT2D eigenvalue weighted by atomic mass is 10.2. The van der Waals surface area contributed by atoms with E-state index in [4.69, 9.17) is 10.5 Å². The van der Waals surface area contributed by atoms with Crippen molar-refractivity contribution in [2.24, 2.45) is 0 Å². The Morgan fingerprint density at radius 2 is 2.06 bits per heavy atom. The van der Waals surface area contributed by atoms with Gasteiger partial charge in [0.2, 0.25) is 0 Å². The van der Waals surface area contributed by atoms with Gasteiger partial charge in [0, 0.05) is 11.4 Å². The molecular weight excluding hydrogens is 253 g/mol. The monoisotopic (exact) mass is 271 g/mol. The Labute approximate surface area is 111 Å². The molecule has 1 aromatic rings. The van der Waals surface area contributed by atoms with E-state index < -0.39 is 5.60 Å². The second-order valence-corrected chi connectivity index (χ2v) is 5.96. The van der Waals surface area contributed by atoms with Crippen LogP contribution in [-0.2, 0) is 15.3 Å². The van der Waals surface area contributed by atoms with Crippen LogP contribution in [0.15, 0.2) is 18.2 Å². The van der Waals surface area contributed by atoms with Gasteiger partial charge in [0.25, 0.3) is 0 Å². The van der Waals surface area contributed by atoms with Crippen LogP contribution < -0.4 is 5.73 Å². The summed E-state index contributed by atoms with van der Waals surface area (Å²) in [5, 5.41) is 0. The van der Waals surface area contributed by atoms with E-state index in [0.29, 0.717) is 11.4 Å². The zero-order chi connectivity index (χ0) is 13.8. The Morgan fingerprint density at radius 3 is 2.61 bits per heavy atom. The highest BCUT2D eigenvalue weighted by molar-refractivity contribution is 7.99. The first-order valence-electron chi connectivity index (χ1n) is 5.61. The lowest BCUT2D eigenvalue weighted by molar-refractivity contribution is -0.151. The molecule has 0 aromatic heterocycles. The summed E-state index contributed by atoms with van der Waals surface area (Å²) >= 11 is 1.38. The molecule has 1 rings (SSSR count). The maximum atomic E-state index is 13.1. The third-order valence-electron chi connectivity index (χ3n) is 1.89. The molecule has 1 aromatic carbocycles. The minimum Gasteiger partial charge on any atom is -0.459 e. The summed E-state index contributed by atoms with van der Waals surface area (Å²) in [4.78, 5) is 11.4. The molecule has 0 saturated heterocycles. The first-order valence-corrected chi connectivity index (χ1v) is 6.76. The van der Waals surface area contributed by atoms with Crippen LogP contribution in [0.3, 0.4) is 0 Å². The Bertz CT molecular complexity index is 409. The highest BCUT2D eigenvalue weighted by Gasteiger charge is 2.15. The predicted octanol–water partition coefficient (Wildman–Crippen LogP) is 2.98. The van der Waals surface area contributed by atoms with E-state index in [-0.39, 0.29) is 17.5 Å². The van der Waals surface area contributed by atoms with Crippen LogP contribution in [0.2, 0.25) is 0 Å². The number of esters is 1. The van der Waals surface area contributed by atoms with E-state index in [1.54, 1.807) is 6.07 Å².